The molecule has 0 spiro atoms. The number of nitrogens with zero attached hydrogens (tertiary/aromatic N) is 2. The molecular weight excluding hydrogens is 362 g/mol. The molecule has 2 heterocycles. The number of methoxy groups -OCH3 is 1. The first-order valence-electron chi connectivity index (χ1n) is 8.86. The van der Waals surface area contributed by atoms with Crippen molar-refractivity contribution < 1.29 is 24.2 Å². The van der Waals surface area contributed by atoms with E-state index in [2.05, 4.69) is 10.3 Å². The molecular formula is C20H19N3O5. The Bertz CT molecular complexity index is 1070. The van der Waals surface area contributed by atoms with Crippen LogP contribution in [0.5, 0.6) is 11.5 Å². The third kappa shape index (κ3) is 2.74. The highest BCUT2D eigenvalue weighted by molar-refractivity contribution is 6.07. The van der Waals surface area contributed by atoms with Crippen molar-refractivity contribution in [1.29, 1.82) is 0 Å². The monoisotopic (exact) mass is 381 g/mol. The van der Waals surface area contributed by atoms with Gasteiger partial charge in [-0.05, 0) is 36.8 Å². The van der Waals surface area contributed by atoms with Crippen molar-refractivity contribution in [3.05, 3.63) is 48.0 Å². The lowest BCUT2D eigenvalue weighted by Gasteiger charge is -2.32. The van der Waals surface area contributed by atoms with Crippen LogP contribution in [-0.4, -0.2) is 40.3 Å². The highest BCUT2D eigenvalue weighted by Crippen LogP contribution is 2.40. The Morgan fingerprint density at radius 3 is 2.82 bits per heavy atom. The van der Waals surface area contributed by atoms with Crippen LogP contribution in [0.1, 0.15) is 18.5 Å². The van der Waals surface area contributed by atoms with Gasteiger partial charge in [-0.3, -0.25) is 14.9 Å². The van der Waals surface area contributed by atoms with Gasteiger partial charge in [0.05, 0.1) is 30.8 Å². The van der Waals surface area contributed by atoms with Gasteiger partial charge in [0.15, 0.2) is 17.4 Å². The third-order valence-electron chi connectivity index (χ3n) is 4.79. The Hall–Kier alpha value is -3.55. The maximum atomic E-state index is 12.8. The van der Waals surface area contributed by atoms with E-state index in [4.69, 9.17) is 9.47 Å². The fraction of sp³-hybridized carbons (Fsp3) is 0.250. The number of nitrogens with one attached hydrogen (secondary N) is 1. The summed E-state index contributed by atoms with van der Waals surface area (Å²) < 4.78 is 12.2. The van der Waals surface area contributed by atoms with Gasteiger partial charge in [0.25, 0.3) is 0 Å². The number of fused-ring (bicyclic) bond motifs is 3. The molecule has 2 aromatic carbocycles. The lowest BCUT2D eigenvalue weighted by atomic mass is 9.90. The smallest absolute Gasteiger partial charge is 0.321 e. The van der Waals surface area contributed by atoms with Crippen LogP contribution in [-0.2, 0) is 14.3 Å². The number of phenols is 1. The van der Waals surface area contributed by atoms with Crippen LogP contribution < -0.4 is 10.1 Å². The molecule has 3 aromatic rings. The van der Waals surface area contributed by atoms with Crippen molar-refractivity contribution in [2.24, 2.45) is 5.92 Å². The first-order valence-corrected chi connectivity index (χ1v) is 8.86. The second-order valence-corrected chi connectivity index (χ2v) is 6.39. The van der Waals surface area contributed by atoms with E-state index in [0.29, 0.717) is 17.0 Å². The zero-order chi connectivity index (χ0) is 19.8. The molecule has 144 valence electrons. The van der Waals surface area contributed by atoms with Crippen LogP contribution >= 0.6 is 0 Å². The number of para-hydroxylation sites is 2. The Morgan fingerprint density at radius 2 is 2.07 bits per heavy atom. The number of benzene rings is 2. The van der Waals surface area contributed by atoms with E-state index in [-0.39, 0.29) is 18.1 Å². The molecule has 0 fully saturated rings. The first-order chi connectivity index (χ1) is 13.5. The zero-order valence-electron chi connectivity index (χ0n) is 15.4. The molecule has 0 saturated carbocycles. The van der Waals surface area contributed by atoms with Crippen molar-refractivity contribution in [3.63, 3.8) is 0 Å². The SMILES string of the molecule is CCOC(=O)[C@H]1C(=O)Nc2nc3ccccc3n2[C@H]1c1ccc(O)c(OC)c1. The largest absolute Gasteiger partial charge is 0.504 e. The fourth-order valence-electron chi connectivity index (χ4n) is 3.58. The molecule has 0 aliphatic carbocycles. The van der Waals surface area contributed by atoms with E-state index in [1.807, 2.05) is 28.8 Å². The third-order valence-corrected chi connectivity index (χ3v) is 4.79. The second kappa shape index (κ2) is 6.88. The van der Waals surface area contributed by atoms with Crippen LogP contribution in [0.3, 0.4) is 0 Å². The van der Waals surface area contributed by atoms with Crippen molar-refractivity contribution in [2.75, 3.05) is 19.0 Å². The summed E-state index contributed by atoms with van der Waals surface area (Å²) in [4.78, 5) is 30.0. The van der Waals surface area contributed by atoms with Gasteiger partial charge in [-0.1, -0.05) is 18.2 Å². The molecule has 0 saturated heterocycles. The average Bonchev–Trinajstić information content (AvgIpc) is 3.05. The summed E-state index contributed by atoms with van der Waals surface area (Å²) in [6.07, 6.45) is 0. The van der Waals surface area contributed by atoms with E-state index in [1.54, 1.807) is 19.1 Å². The molecule has 8 heteroatoms. The number of esters is 1. The molecule has 8 nitrogen and oxygen atoms in total. The van der Waals surface area contributed by atoms with Crippen LogP contribution in [0.4, 0.5) is 5.95 Å². The highest BCUT2D eigenvalue weighted by Gasteiger charge is 2.44. The topological polar surface area (TPSA) is 103 Å². The number of carbonyl (C=O) groups is 2. The summed E-state index contributed by atoms with van der Waals surface area (Å²) in [5.41, 5.74) is 2.08. The van der Waals surface area contributed by atoms with E-state index in [9.17, 15) is 14.7 Å². The molecule has 2 atom stereocenters. The van der Waals surface area contributed by atoms with Gasteiger partial charge in [-0.15, -0.1) is 0 Å². The molecule has 1 aromatic heterocycles. The maximum absolute atomic E-state index is 12.8. The molecule has 1 amide bonds. The van der Waals surface area contributed by atoms with Gasteiger partial charge < -0.3 is 19.1 Å². The summed E-state index contributed by atoms with van der Waals surface area (Å²) in [7, 11) is 1.44. The molecule has 0 unspecified atom stereocenters. The van der Waals surface area contributed by atoms with Crippen molar-refractivity contribution >= 4 is 28.9 Å². The first kappa shape index (κ1) is 17.8. The van der Waals surface area contributed by atoms with Crippen molar-refractivity contribution in [2.45, 2.75) is 13.0 Å². The van der Waals surface area contributed by atoms with Crippen molar-refractivity contribution in [1.82, 2.24) is 9.55 Å². The van der Waals surface area contributed by atoms with Crippen molar-refractivity contribution in [3.8, 4) is 11.5 Å². The van der Waals surface area contributed by atoms with Crippen LogP contribution in [0.25, 0.3) is 11.0 Å². The van der Waals surface area contributed by atoms with E-state index in [1.165, 1.54) is 13.2 Å². The molecule has 0 radical (unpaired) electrons. The number of phenolic OH excluding ortho intramolecular Hbond substituents is 1. The van der Waals surface area contributed by atoms with E-state index < -0.39 is 23.8 Å². The van der Waals surface area contributed by atoms with Gasteiger partial charge in [-0.25, -0.2) is 4.98 Å². The van der Waals surface area contributed by atoms with Gasteiger partial charge in [0.2, 0.25) is 11.9 Å². The predicted molar refractivity (Wildman–Crippen MR) is 101 cm³/mol. The van der Waals surface area contributed by atoms with Gasteiger partial charge >= 0.3 is 5.97 Å². The molecule has 1 aliphatic rings. The number of hydrogen-bond acceptors (Lipinski definition) is 6. The number of carbonyl (C=O) groups excluding carboxylic acids is 2. The zero-order valence-corrected chi connectivity index (χ0v) is 15.4. The Balaban J connectivity index is 1.97. The standard InChI is InChI=1S/C20H19N3O5/c1-3-28-19(26)16-17(11-8-9-14(24)15(10-11)27-2)23-13-7-5-4-6-12(13)21-20(23)22-18(16)25/h4-10,16-17,24H,3H2,1-2H3,(H,21,22,25)/t16-,17+/m1/s1. The molecule has 4 rings (SSSR count). The van der Waals surface area contributed by atoms with Gasteiger partial charge in [0, 0.05) is 0 Å². The Morgan fingerprint density at radius 1 is 1.29 bits per heavy atom. The van der Waals surface area contributed by atoms with E-state index in [0.717, 1.165) is 5.52 Å². The minimum absolute atomic E-state index is 0.0325. The fourth-order valence-corrected chi connectivity index (χ4v) is 3.58. The summed E-state index contributed by atoms with van der Waals surface area (Å²) >= 11 is 0. The number of aromatic hydroxyl groups is 1. The number of ether oxygens (including phenoxy) is 2. The number of imidazole rings is 1. The quantitative estimate of drug-likeness (QED) is 0.532. The minimum Gasteiger partial charge on any atom is -0.504 e. The highest BCUT2D eigenvalue weighted by atomic mass is 16.5. The lowest BCUT2D eigenvalue weighted by molar-refractivity contribution is -0.152. The average molecular weight is 381 g/mol. The molecule has 28 heavy (non-hydrogen) atoms. The van der Waals surface area contributed by atoms with Gasteiger partial charge in [0.1, 0.15) is 0 Å². The number of hydrogen-bond donors (Lipinski definition) is 2. The minimum atomic E-state index is -1.11. The maximum Gasteiger partial charge on any atom is 0.321 e. The predicted octanol–water partition coefficient (Wildman–Crippen LogP) is 2.47. The van der Waals surface area contributed by atoms with Crippen LogP contribution in [0.15, 0.2) is 42.5 Å². The number of aromatic nitrogens is 2. The molecule has 0 bridgehead atoms. The van der Waals surface area contributed by atoms with Gasteiger partial charge in [-0.2, -0.15) is 0 Å². The lowest BCUT2D eigenvalue weighted by Crippen LogP contribution is -2.43. The molecule has 2 N–H and O–H groups in total. The van der Waals surface area contributed by atoms with Crippen LogP contribution in [0.2, 0.25) is 0 Å². The summed E-state index contributed by atoms with van der Waals surface area (Å²) in [5, 5.41) is 12.7. The normalized spacial score (nSPS) is 18.4. The number of anilines is 1. The second-order valence-electron chi connectivity index (χ2n) is 6.39. The number of amides is 1. The summed E-state index contributed by atoms with van der Waals surface area (Å²) in [6, 6.07) is 11.5. The Kier molecular flexibility index (Phi) is 4.38. The molecule has 1 aliphatic heterocycles. The Labute approximate surface area is 160 Å². The summed E-state index contributed by atoms with van der Waals surface area (Å²) in [6.45, 7) is 1.85. The number of rotatable bonds is 4. The summed E-state index contributed by atoms with van der Waals surface area (Å²) in [5.74, 6) is -1.66. The van der Waals surface area contributed by atoms with E-state index >= 15 is 0 Å². The van der Waals surface area contributed by atoms with Crippen LogP contribution in [0, 0.1) is 5.92 Å².